The summed E-state index contributed by atoms with van der Waals surface area (Å²) in [5, 5.41) is 8.40. The molecule has 2 aromatic carbocycles. The lowest BCUT2D eigenvalue weighted by molar-refractivity contribution is 0.237. The second kappa shape index (κ2) is 12.0. The molecule has 1 aliphatic rings. The Bertz CT molecular complexity index is 2120. The normalized spacial score (nSPS) is 14.1. The molecule has 1 saturated heterocycles. The first-order valence-corrected chi connectivity index (χ1v) is 16.6. The molecule has 0 saturated carbocycles. The zero-order valence-corrected chi connectivity index (χ0v) is 25.4. The molecule has 45 heavy (non-hydrogen) atoms. The van der Waals surface area contributed by atoms with E-state index in [1.54, 1.807) is 24.7 Å². The van der Waals surface area contributed by atoms with E-state index >= 15 is 0 Å². The van der Waals surface area contributed by atoms with Gasteiger partial charge in [0.15, 0.2) is 5.82 Å². The SMILES string of the molecule is CS(=O)(=O)NCc1cc(F)cc(-c2cccc3[nH]c(-c4n[nH]c5cnc(-c6cncc(OCCN7CCCC7)c6)cc45)nc23)c1. The first-order chi connectivity index (χ1) is 21.8. The Hall–Kier alpha value is -4.72. The van der Waals surface area contributed by atoms with Crippen molar-refractivity contribution in [1.82, 2.24) is 39.8 Å². The van der Waals surface area contributed by atoms with Crippen molar-refractivity contribution < 1.29 is 17.5 Å². The molecule has 3 N–H and O–H groups in total. The third-order valence-electron chi connectivity index (χ3n) is 7.88. The molecule has 4 aromatic heterocycles. The largest absolute Gasteiger partial charge is 0.491 e. The van der Waals surface area contributed by atoms with Crippen molar-refractivity contribution in [2.75, 3.05) is 32.5 Å². The van der Waals surface area contributed by atoms with E-state index in [1.807, 2.05) is 30.3 Å². The van der Waals surface area contributed by atoms with Crippen molar-refractivity contribution in [2.45, 2.75) is 19.4 Å². The molecule has 230 valence electrons. The van der Waals surface area contributed by atoms with Gasteiger partial charge in [0.1, 0.15) is 23.9 Å². The van der Waals surface area contributed by atoms with Gasteiger partial charge in [-0.2, -0.15) is 5.10 Å². The van der Waals surface area contributed by atoms with Gasteiger partial charge in [0.2, 0.25) is 10.0 Å². The fraction of sp³-hybridized carbons (Fsp3) is 0.250. The summed E-state index contributed by atoms with van der Waals surface area (Å²) in [7, 11) is -3.43. The second-order valence-electron chi connectivity index (χ2n) is 11.2. The fourth-order valence-electron chi connectivity index (χ4n) is 5.69. The van der Waals surface area contributed by atoms with Gasteiger partial charge in [0, 0.05) is 35.8 Å². The average molecular weight is 627 g/mol. The molecule has 0 spiro atoms. The summed E-state index contributed by atoms with van der Waals surface area (Å²) in [5.74, 6) is 0.756. The predicted octanol–water partition coefficient (Wildman–Crippen LogP) is 4.89. The quantitative estimate of drug-likeness (QED) is 0.195. The summed E-state index contributed by atoms with van der Waals surface area (Å²) >= 11 is 0. The van der Waals surface area contributed by atoms with Crippen molar-refractivity contribution in [3.8, 4) is 39.7 Å². The Morgan fingerprint density at radius 1 is 1.02 bits per heavy atom. The van der Waals surface area contributed by atoms with Gasteiger partial charge in [-0.05, 0) is 73.5 Å². The lowest BCUT2D eigenvalue weighted by atomic mass is 10.0. The van der Waals surface area contributed by atoms with Crippen LogP contribution in [-0.2, 0) is 16.6 Å². The maximum atomic E-state index is 14.6. The Morgan fingerprint density at radius 2 is 1.89 bits per heavy atom. The Balaban J connectivity index is 1.19. The first kappa shape index (κ1) is 29.0. The van der Waals surface area contributed by atoms with Crippen molar-refractivity contribution in [3.05, 3.63) is 78.5 Å². The van der Waals surface area contributed by atoms with E-state index in [4.69, 9.17) is 9.72 Å². The number of imidazole rings is 1. The van der Waals surface area contributed by atoms with Gasteiger partial charge in [0.05, 0.1) is 40.9 Å². The molecule has 7 rings (SSSR count). The van der Waals surface area contributed by atoms with E-state index in [0.717, 1.165) is 53.6 Å². The Labute approximate surface area is 258 Å². The number of H-pyrrole nitrogens is 2. The minimum Gasteiger partial charge on any atom is -0.491 e. The van der Waals surface area contributed by atoms with Crippen LogP contribution in [0.4, 0.5) is 4.39 Å². The maximum absolute atomic E-state index is 14.6. The summed E-state index contributed by atoms with van der Waals surface area (Å²) in [5.41, 5.74) is 6.05. The third-order valence-corrected chi connectivity index (χ3v) is 8.54. The topological polar surface area (TPSA) is 142 Å². The molecule has 6 aromatic rings. The second-order valence-corrected chi connectivity index (χ2v) is 13.1. The van der Waals surface area contributed by atoms with Crippen LogP contribution < -0.4 is 9.46 Å². The highest BCUT2D eigenvalue weighted by atomic mass is 32.2. The number of benzene rings is 2. The summed E-state index contributed by atoms with van der Waals surface area (Å²) < 4.78 is 46.2. The van der Waals surface area contributed by atoms with Crippen molar-refractivity contribution in [2.24, 2.45) is 0 Å². The molecule has 0 radical (unpaired) electrons. The summed E-state index contributed by atoms with van der Waals surface area (Å²) in [4.78, 5) is 19.6. The van der Waals surface area contributed by atoms with Gasteiger partial charge in [-0.15, -0.1) is 0 Å². The van der Waals surface area contributed by atoms with Crippen LogP contribution in [0.2, 0.25) is 0 Å². The molecule has 0 aliphatic carbocycles. The van der Waals surface area contributed by atoms with Crippen molar-refractivity contribution >= 4 is 32.0 Å². The van der Waals surface area contributed by atoms with Crippen LogP contribution in [0, 0.1) is 5.82 Å². The van der Waals surface area contributed by atoms with E-state index in [9.17, 15) is 12.8 Å². The molecular weight excluding hydrogens is 595 g/mol. The van der Waals surface area contributed by atoms with E-state index in [0.29, 0.717) is 46.1 Å². The average Bonchev–Trinajstić information content (AvgIpc) is 3.79. The van der Waals surface area contributed by atoms with Gasteiger partial charge in [0.25, 0.3) is 0 Å². The smallest absolute Gasteiger partial charge is 0.209 e. The standard InChI is InChI=1S/C32H31FN8O3S/c1-45(42,43)36-16-20-11-21(13-23(33)12-20)25-5-4-6-27-30(25)38-32(37-27)31-26-15-28(35-19-29(26)39-40-31)22-14-24(18-34-17-22)44-10-9-41-7-2-3-8-41/h4-6,11-15,17-19,36H,2-3,7-10,16H2,1H3,(H,37,38)(H,39,40). The number of hydrogen-bond acceptors (Lipinski definition) is 8. The highest BCUT2D eigenvalue weighted by Crippen LogP contribution is 2.33. The van der Waals surface area contributed by atoms with Crippen LogP contribution in [0.25, 0.3) is 55.8 Å². The van der Waals surface area contributed by atoms with E-state index in [1.165, 1.54) is 25.0 Å². The van der Waals surface area contributed by atoms with Crippen LogP contribution in [0.15, 0.2) is 67.1 Å². The monoisotopic (exact) mass is 626 g/mol. The number of hydrogen-bond donors (Lipinski definition) is 3. The van der Waals surface area contributed by atoms with Crippen molar-refractivity contribution in [3.63, 3.8) is 0 Å². The highest BCUT2D eigenvalue weighted by Gasteiger charge is 2.18. The molecule has 11 nitrogen and oxygen atoms in total. The fourth-order valence-corrected chi connectivity index (χ4v) is 6.12. The van der Waals surface area contributed by atoms with Crippen LogP contribution in [0.3, 0.4) is 0 Å². The molecule has 0 bridgehead atoms. The third kappa shape index (κ3) is 6.41. The highest BCUT2D eigenvalue weighted by molar-refractivity contribution is 7.88. The minimum atomic E-state index is -3.43. The zero-order valence-electron chi connectivity index (χ0n) is 24.5. The molecular formula is C32H31FN8O3S. The minimum absolute atomic E-state index is 0.0236. The molecule has 13 heteroatoms. The molecule has 5 heterocycles. The number of halogens is 1. The van der Waals surface area contributed by atoms with Gasteiger partial charge in [-0.25, -0.2) is 22.5 Å². The summed E-state index contributed by atoms with van der Waals surface area (Å²) in [6.07, 6.45) is 8.76. The Kier molecular flexibility index (Phi) is 7.73. The van der Waals surface area contributed by atoms with Gasteiger partial charge in [-0.3, -0.25) is 20.0 Å². The number of aromatic amines is 2. The number of sulfonamides is 1. The number of ether oxygens (including phenoxy) is 1. The van der Waals surface area contributed by atoms with Gasteiger partial charge in [-0.1, -0.05) is 12.1 Å². The van der Waals surface area contributed by atoms with Crippen LogP contribution in [0.1, 0.15) is 18.4 Å². The van der Waals surface area contributed by atoms with Gasteiger partial charge >= 0.3 is 0 Å². The number of nitrogens with one attached hydrogen (secondary N) is 3. The summed E-state index contributed by atoms with van der Waals surface area (Å²) in [6.45, 7) is 3.73. The number of likely N-dealkylation sites (tertiary alicyclic amines) is 1. The molecule has 0 amide bonds. The number of pyridine rings is 2. The van der Waals surface area contributed by atoms with E-state index < -0.39 is 15.8 Å². The van der Waals surface area contributed by atoms with Crippen LogP contribution in [-0.4, -0.2) is 75.9 Å². The van der Waals surface area contributed by atoms with Crippen LogP contribution >= 0.6 is 0 Å². The molecule has 1 fully saturated rings. The number of para-hydroxylation sites is 1. The number of aromatic nitrogens is 6. The lowest BCUT2D eigenvalue weighted by Crippen LogP contribution is -2.25. The van der Waals surface area contributed by atoms with Crippen LogP contribution in [0.5, 0.6) is 5.75 Å². The number of fused-ring (bicyclic) bond motifs is 2. The first-order valence-electron chi connectivity index (χ1n) is 14.7. The molecule has 0 unspecified atom stereocenters. The van der Waals surface area contributed by atoms with Gasteiger partial charge < -0.3 is 9.72 Å². The maximum Gasteiger partial charge on any atom is 0.209 e. The molecule has 0 atom stereocenters. The van der Waals surface area contributed by atoms with E-state index in [-0.39, 0.29) is 6.54 Å². The Morgan fingerprint density at radius 3 is 2.73 bits per heavy atom. The predicted molar refractivity (Wildman–Crippen MR) is 170 cm³/mol. The summed E-state index contributed by atoms with van der Waals surface area (Å²) in [6, 6.07) is 14.0. The number of rotatable bonds is 10. The zero-order chi connectivity index (χ0) is 31.0. The lowest BCUT2D eigenvalue weighted by Gasteiger charge is -2.15. The number of nitrogens with zero attached hydrogens (tertiary/aromatic N) is 5. The molecule has 1 aliphatic heterocycles. The van der Waals surface area contributed by atoms with Crippen molar-refractivity contribution in [1.29, 1.82) is 0 Å². The van der Waals surface area contributed by atoms with E-state index in [2.05, 4.69) is 34.8 Å².